The van der Waals surface area contributed by atoms with E-state index in [-0.39, 0.29) is 11.3 Å². The average Bonchev–Trinajstić information content (AvgIpc) is 2.76. The fraction of sp³-hybridized carbons (Fsp3) is 0.350. The largest absolute Gasteiger partial charge is 0.497 e. The number of carboxylic acid groups (broad SMARTS) is 1. The van der Waals surface area contributed by atoms with Crippen LogP contribution in [0.25, 0.3) is 0 Å². The first-order valence-corrected chi connectivity index (χ1v) is 11.5. The Morgan fingerprint density at radius 3 is 2.30 bits per heavy atom. The third kappa shape index (κ3) is 5.79. The lowest BCUT2D eigenvalue weighted by atomic mass is 10.0. The molecule has 1 aliphatic heterocycles. The minimum atomic E-state index is -3.61. The van der Waals surface area contributed by atoms with Gasteiger partial charge in [0.2, 0.25) is 0 Å². The summed E-state index contributed by atoms with van der Waals surface area (Å²) in [6, 6.07) is 13.1. The summed E-state index contributed by atoms with van der Waals surface area (Å²) in [7, 11) is -2.09. The fourth-order valence-electron chi connectivity index (χ4n) is 3.49. The van der Waals surface area contributed by atoms with Crippen LogP contribution in [0.15, 0.2) is 57.9 Å². The van der Waals surface area contributed by atoms with E-state index in [4.69, 9.17) is 9.94 Å². The van der Waals surface area contributed by atoms with Crippen LogP contribution in [0, 0.1) is 0 Å². The molecule has 0 spiro atoms. The van der Waals surface area contributed by atoms with Gasteiger partial charge in [-0.1, -0.05) is 28.1 Å². The molecule has 1 fully saturated rings. The zero-order valence-corrected chi connectivity index (χ0v) is 18.8. The smallest absolute Gasteiger partial charge is 0.320 e. The lowest BCUT2D eigenvalue weighted by Gasteiger charge is -2.36. The van der Waals surface area contributed by atoms with Crippen molar-refractivity contribution in [1.29, 1.82) is 0 Å². The summed E-state index contributed by atoms with van der Waals surface area (Å²) in [6.45, 7) is 0.882. The number of rotatable bonds is 6. The van der Waals surface area contributed by atoms with Crippen LogP contribution in [0.3, 0.4) is 0 Å². The first kappa shape index (κ1) is 24.3. The van der Waals surface area contributed by atoms with E-state index in [0.717, 1.165) is 10.0 Å². The number of methoxy groups -OCH3 is 1. The van der Waals surface area contributed by atoms with Crippen molar-refractivity contribution in [2.24, 2.45) is 5.90 Å². The Bertz CT molecular complexity index is 935. The third-order valence-corrected chi connectivity index (χ3v) is 7.84. The number of halogens is 1. The quantitative estimate of drug-likeness (QED) is 0.516. The molecule has 1 saturated heterocycles. The van der Waals surface area contributed by atoms with Crippen LogP contribution in [0.4, 0.5) is 0 Å². The van der Waals surface area contributed by atoms with Gasteiger partial charge in [-0.15, -0.1) is 0 Å². The summed E-state index contributed by atoms with van der Waals surface area (Å²) in [5, 5.41) is 15.5. The van der Waals surface area contributed by atoms with E-state index < -0.39 is 27.1 Å². The molecule has 0 amide bonds. The van der Waals surface area contributed by atoms with Crippen LogP contribution in [0.5, 0.6) is 5.75 Å². The number of hydrogen-bond donors (Lipinski definition) is 3. The first-order chi connectivity index (χ1) is 14.3. The first-order valence-electron chi connectivity index (χ1n) is 9.16. The fourth-order valence-corrected chi connectivity index (χ4v) is 5.51. The summed E-state index contributed by atoms with van der Waals surface area (Å²) in [5.74, 6) is 3.08. The van der Waals surface area contributed by atoms with Crippen molar-refractivity contribution < 1.29 is 28.3 Å². The molecule has 2 unspecified atom stereocenters. The Morgan fingerprint density at radius 2 is 1.77 bits per heavy atom. The van der Waals surface area contributed by atoms with E-state index in [1.54, 1.807) is 12.1 Å². The van der Waals surface area contributed by atoms with Crippen molar-refractivity contribution >= 4 is 31.7 Å². The number of hydrogen-bond acceptors (Lipinski definition) is 7. The second-order valence-electron chi connectivity index (χ2n) is 6.82. The van der Waals surface area contributed by atoms with Crippen molar-refractivity contribution in [3.8, 4) is 5.75 Å². The van der Waals surface area contributed by atoms with Gasteiger partial charge in [0.05, 0.1) is 17.3 Å². The minimum absolute atomic E-state index is 0.0697. The van der Waals surface area contributed by atoms with Crippen molar-refractivity contribution in [2.75, 3.05) is 13.7 Å². The normalized spacial score (nSPS) is 19.5. The monoisotopic (exact) mass is 500 g/mol. The Kier molecular flexibility index (Phi) is 8.80. The highest BCUT2D eigenvalue weighted by molar-refractivity contribution is 9.10. The number of benzene rings is 2. The van der Waals surface area contributed by atoms with Crippen LogP contribution >= 0.6 is 15.9 Å². The molecule has 3 rings (SSSR count). The van der Waals surface area contributed by atoms with Gasteiger partial charge in [-0.2, -0.15) is 0 Å². The Labute approximate surface area is 184 Å². The Balaban J connectivity index is 0.00000155. The highest BCUT2D eigenvalue weighted by Crippen LogP contribution is 2.30. The summed E-state index contributed by atoms with van der Waals surface area (Å²) < 4.78 is 32.0. The van der Waals surface area contributed by atoms with Crippen molar-refractivity contribution in [1.82, 2.24) is 4.90 Å². The average molecular weight is 501 g/mol. The van der Waals surface area contributed by atoms with E-state index in [2.05, 4.69) is 21.8 Å². The molecule has 2 aromatic rings. The third-order valence-electron chi connectivity index (χ3n) is 5.08. The van der Waals surface area contributed by atoms with E-state index in [9.17, 15) is 18.3 Å². The highest BCUT2D eigenvalue weighted by atomic mass is 79.9. The second-order valence-corrected chi connectivity index (χ2v) is 9.96. The van der Waals surface area contributed by atoms with Crippen molar-refractivity contribution in [2.45, 2.75) is 35.6 Å². The zero-order valence-electron chi connectivity index (χ0n) is 16.4. The van der Waals surface area contributed by atoms with Gasteiger partial charge in [0.1, 0.15) is 11.8 Å². The van der Waals surface area contributed by atoms with Gasteiger partial charge in [-0.25, -0.2) is 14.3 Å². The molecule has 4 N–H and O–H groups in total. The van der Waals surface area contributed by atoms with Gasteiger partial charge in [0, 0.05) is 17.6 Å². The lowest BCUT2D eigenvalue weighted by Crippen LogP contribution is -2.49. The molecular weight excluding hydrogens is 476 g/mol. The number of carboxylic acids is 1. The van der Waals surface area contributed by atoms with Crippen molar-refractivity contribution in [3.05, 3.63) is 58.6 Å². The van der Waals surface area contributed by atoms with Gasteiger partial charge in [-0.05, 0) is 54.8 Å². The van der Waals surface area contributed by atoms with Gasteiger partial charge in [0.15, 0.2) is 9.84 Å². The van der Waals surface area contributed by atoms with Gasteiger partial charge >= 0.3 is 5.97 Å². The molecule has 1 aliphatic rings. The maximum absolute atomic E-state index is 13.0. The maximum Gasteiger partial charge on any atom is 0.320 e. The molecule has 1 heterocycles. The molecule has 0 radical (unpaired) electrons. The molecule has 8 nitrogen and oxygen atoms in total. The van der Waals surface area contributed by atoms with Gasteiger partial charge in [-0.3, -0.25) is 9.69 Å². The van der Waals surface area contributed by atoms with E-state index in [0.29, 0.717) is 25.3 Å². The molecule has 2 aromatic carbocycles. The number of sulfone groups is 1. The molecular formula is C20H25BrN2O6S. The molecule has 0 aromatic heterocycles. The molecule has 10 heteroatoms. The predicted octanol–water partition coefficient (Wildman–Crippen LogP) is 2.68. The number of piperidine rings is 1. The number of likely N-dealkylation sites (tertiary alicyclic amines) is 1. The van der Waals surface area contributed by atoms with Crippen LogP contribution in [0.1, 0.15) is 18.4 Å². The molecule has 30 heavy (non-hydrogen) atoms. The van der Waals surface area contributed by atoms with Crippen LogP contribution in [-0.4, -0.2) is 54.5 Å². The van der Waals surface area contributed by atoms with Gasteiger partial charge in [0.25, 0.3) is 0 Å². The number of aliphatic carboxylic acids is 1. The Hall–Kier alpha value is -1.98. The predicted molar refractivity (Wildman–Crippen MR) is 115 cm³/mol. The molecule has 2 atom stereocenters. The Morgan fingerprint density at radius 1 is 1.17 bits per heavy atom. The van der Waals surface area contributed by atoms with E-state index in [1.165, 1.54) is 19.2 Å². The summed E-state index contributed by atoms with van der Waals surface area (Å²) in [5.41, 5.74) is 0.992. The number of nitrogens with two attached hydrogens (primary N) is 1. The van der Waals surface area contributed by atoms with Gasteiger partial charge < -0.3 is 15.1 Å². The number of ether oxygens (including phenoxy) is 1. The molecule has 0 bridgehead atoms. The summed E-state index contributed by atoms with van der Waals surface area (Å²) in [4.78, 5) is 13.9. The van der Waals surface area contributed by atoms with E-state index >= 15 is 0 Å². The standard InChI is InChI=1S/C20H22BrNO5S.H3NO/c1-27-16-6-8-17(9-7-16)28(25,26)18-10-11-22(19(12-18)20(23)24)13-14-2-4-15(21)5-3-14;1-2/h2-9,18-19H,10-13H2,1H3,(H,23,24);2H,1H2. The SMILES string of the molecule is COc1ccc(S(=O)(=O)C2CCN(Cc3ccc(Br)cc3)C(C(=O)O)C2)cc1.NO. The lowest BCUT2D eigenvalue weighted by molar-refractivity contribution is -0.144. The molecule has 0 aliphatic carbocycles. The van der Waals surface area contributed by atoms with Crippen LogP contribution in [0.2, 0.25) is 0 Å². The second kappa shape index (κ2) is 10.9. The topological polar surface area (TPSA) is 130 Å². The number of carbonyl (C=O) groups is 1. The number of nitrogens with zero attached hydrogens (tertiary/aromatic N) is 1. The van der Waals surface area contributed by atoms with E-state index in [1.807, 2.05) is 29.2 Å². The van der Waals surface area contributed by atoms with Crippen molar-refractivity contribution in [3.63, 3.8) is 0 Å². The summed E-state index contributed by atoms with van der Waals surface area (Å²) in [6.07, 6.45) is 0.467. The molecule has 0 saturated carbocycles. The summed E-state index contributed by atoms with van der Waals surface area (Å²) >= 11 is 3.38. The van der Waals surface area contributed by atoms with Crippen LogP contribution in [-0.2, 0) is 21.2 Å². The molecule has 164 valence electrons. The zero-order chi connectivity index (χ0) is 22.3. The highest BCUT2D eigenvalue weighted by Gasteiger charge is 2.39. The maximum atomic E-state index is 13.0. The van der Waals surface area contributed by atoms with Crippen LogP contribution < -0.4 is 10.6 Å². The minimum Gasteiger partial charge on any atom is -0.497 e.